The molecular formula is C13H20ClN3O2S. The third-order valence-corrected chi connectivity index (χ3v) is 6.04. The van der Waals surface area contributed by atoms with Crippen molar-refractivity contribution in [3.05, 3.63) is 23.2 Å². The fraction of sp³-hybridized carbons (Fsp3) is 0.538. The smallest absolute Gasteiger partial charge is 0.246 e. The summed E-state index contributed by atoms with van der Waals surface area (Å²) in [6.07, 6.45) is 1.01. The van der Waals surface area contributed by atoms with Crippen LogP contribution in [0, 0.1) is 5.92 Å². The average molecular weight is 318 g/mol. The fourth-order valence-corrected chi connectivity index (χ4v) is 4.46. The standard InChI is InChI=1S/C13H20ClN3O2S/c1-16-7-6-10(8-16)9-17(2)20(18,19)13-11(14)4-3-5-12(13)15/h3-5,10H,6-9,15H2,1-2H3. The minimum absolute atomic E-state index is 0.00974. The third-order valence-electron chi connectivity index (χ3n) is 3.67. The van der Waals surface area contributed by atoms with Crippen LogP contribution in [0.2, 0.25) is 5.02 Å². The summed E-state index contributed by atoms with van der Waals surface area (Å²) in [6, 6.07) is 4.74. The van der Waals surface area contributed by atoms with Gasteiger partial charge in [-0.25, -0.2) is 12.7 Å². The highest BCUT2D eigenvalue weighted by Crippen LogP contribution is 2.30. The lowest BCUT2D eigenvalue weighted by molar-refractivity contribution is 0.357. The number of benzene rings is 1. The van der Waals surface area contributed by atoms with Crippen molar-refractivity contribution in [3.8, 4) is 0 Å². The van der Waals surface area contributed by atoms with Crippen LogP contribution in [-0.2, 0) is 10.0 Å². The molecule has 1 aliphatic rings. The monoisotopic (exact) mass is 317 g/mol. The number of hydrogen-bond donors (Lipinski definition) is 1. The average Bonchev–Trinajstić information content (AvgIpc) is 2.74. The van der Waals surface area contributed by atoms with Gasteiger partial charge in [-0.2, -0.15) is 0 Å². The van der Waals surface area contributed by atoms with Gasteiger partial charge in [0.15, 0.2) is 0 Å². The van der Waals surface area contributed by atoms with Crippen LogP contribution in [0.3, 0.4) is 0 Å². The Morgan fingerprint density at radius 1 is 1.50 bits per heavy atom. The van der Waals surface area contributed by atoms with Crippen molar-refractivity contribution in [2.24, 2.45) is 5.92 Å². The summed E-state index contributed by atoms with van der Waals surface area (Å²) in [5, 5.41) is 0.167. The lowest BCUT2D eigenvalue weighted by atomic mass is 10.1. The number of rotatable bonds is 4. The molecule has 0 bridgehead atoms. The van der Waals surface area contributed by atoms with Crippen molar-refractivity contribution in [1.29, 1.82) is 0 Å². The molecule has 1 aromatic rings. The molecule has 0 spiro atoms. The number of nitrogens with zero attached hydrogens (tertiary/aromatic N) is 2. The van der Waals surface area contributed by atoms with Gasteiger partial charge in [-0.05, 0) is 38.1 Å². The van der Waals surface area contributed by atoms with Gasteiger partial charge in [0.1, 0.15) is 4.90 Å². The van der Waals surface area contributed by atoms with Crippen LogP contribution in [-0.4, -0.2) is 51.4 Å². The molecule has 0 amide bonds. The lowest BCUT2D eigenvalue weighted by Gasteiger charge is -2.22. The van der Waals surface area contributed by atoms with Crippen molar-refractivity contribution in [1.82, 2.24) is 9.21 Å². The van der Waals surface area contributed by atoms with Crippen LogP contribution in [0.15, 0.2) is 23.1 Å². The van der Waals surface area contributed by atoms with Gasteiger partial charge in [0, 0.05) is 20.1 Å². The molecule has 1 aliphatic heterocycles. The van der Waals surface area contributed by atoms with Gasteiger partial charge in [0.2, 0.25) is 10.0 Å². The summed E-state index contributed by atoms with van der Waals surface area (Å²) in [5.41, 5.74) is 5.96. The Morgan fingerprint density at radius 2 is 2.20 bits per heavy atom. The molecule has 2 N–H and O–H groups in total. The molecule has 112 valence electrons. The van der Waals surface area contributed by atoms with Gasteiger partial charge in [0.25, 0.3) is 0 Å². The first-order valence-corrected chi connectivity index (χ1v) is 8.33. The molecule has 1 fully saturated rings. The van der Waals surface area contributed by atoms with E-state index in [4.69, 9.17) is 17.3 Å². The number of hydrogen-bond acceptors (Lipinski definition) is 4. The van der Waals surface area contributed by atoms with Crippen LogP contribution in [0.25, 0.3) is 0 Å². The van der Waals surface area contributed by atoms with E-state index in [-0.39, 0.29) is 15.6 Å². The van der Waals surface area contributed by atoms with Crippen LogP contribution in [0.1, 0.15) is 6.42 Å². The molecule has 1 unspecified atom stereocenters. The van der Waals surface area contributed by atoms with Crippen LogP contribution in [0.5, 0.6) is 0 Å². The second-order valence-electron chi connectivity index (χ2n) is 5.36. The lowest BCUT2D eigenvalue weighted by Crippen LogP contribution is -2.33. The first kappa shape index (κ1) is 15.6. The molecule has 1 aromatic carbocycles. The Morgan fingerprint density at radius 3 is 2.75 bits per heavy atom. The fourth-order valence-electron chi connectivity index (χ4n) is 2.59. The zero-order chi connectivity index (χ0) is 14.9. The van der Waals surface area contributed by atoms with E-state index < -0.39 is 10.0 Å². The predicted molar refractivity (Wildman–Crippen MR) is 81.3 cm³/mol. The summed E-state index contributed by atoms with van der Waals surface area (Å²) in [6.45, 7) is 2.40. The summed E-state index contributed by atoms with van der Waals surface area (Å²) >= 11 is 6.00. The van der Waals surface area contributed by atoms with Crippen molar-refractivity contribution >= 4 is 27.3 Å². The number of anilines is 1. The minimum Gasteiger partial charge on any atom is -0.398 e. The number of halogens is 1. The third kappa shape index (κ3) is 3.09. The van der Waals surface area contributed by atoms with Gasteiger partial charge < -0.3 is 10.6 Å². The molecule has 20 heavy (non-hydrogen) atoms. The van der Waals surface area contributed by atoms with E-state index in [2.05, 4.69) is 4.90 Å². The summed E-state index contributed by atoms with van der Waals surface area (Å²) in [4.78, 5) is 2.21. The highest BCUT2D eigenvalue weighted by Gasteiger charge is 2.29. The van der Waals surface area contributed by atoms with Gasteiger partial charge in [-0.3, -0.25) is 0 Å². The number of likely N-dealkylation sites (tertiary alicyclic amines) is 1. The number of nitrogens with two attached hydrogens (primary N) is 1. The summed E-state index contributed by atoms with van der Waals surface area (Å²) in [7, 11) is -0.0254. The van der Waals surface area contributed by atoms with E-state index in [9.17, 15) is 8.42 Å². The summed E-state index contributed by atoms with van der Waals surface area (Å²) in [5.74, 6) is 0.350. The number of sulfonamides is 1. The molecular weight excluding hydrogens is 298 g/mol. The van der Waals surface area contributed by atoms with Crippen LogP contribution >= 0.6 is 11.6 Å². The molecule has 7 heteroatoms. The van der Waals surface area contributed by atoms with Gasteiger partial charge in [-0.1, -0.05) is 17.7 Å². The second-order valence-corrected chi connectivity index (χ2v) is 7.75. The van der Waals surface area contributed by atoms with E-state index >= 15 is 0 Å². The van der Waals surface area contributed by atoms with Gasteiger partial charge >= 0.3 is 0 Å². The summed E-state index contributed by atoms with van der Waals surface area (Å²) < 4.78 is 26.5. The Labute approximate surface area is 125 Å². The zero-order valence-electron chi connectivity index (χ0n) is 11.7. The molecule has 0 saturated carbocycles. The van der Waals surface area contributed by atoms with Crippen molar-refractivity contribution < 1.29 is 8.42 Å². The van der Waals surface area contributed by atoms with Crippen molar-refractivity contribution in [2.45, 2.75) is 11.3 Å². The topological polar surface area (TPSA) is 66.6 Å². The maximum atomic E-state index is 12.6. The van der Waals surface area contributed by atoms with E-state index in [1.807, 2.05) is 7.05 Å². The molecule has 1 atom stereocenters. The quantitative estimate of drug-likeness (QED) is 0.855. The maximum Gasteiger partial charge on any atom is 0.246 e. The van der Waals surface area contributed by atoms with E-state index in [0.717, 1.165) is 19.5 Å². The molecule has 1 heterocycles. The Balaban J connectivity index is 2.21. The predicted octanol–water partition coefficient (Wildman–Crippen LogP) is 1.49. The zero-order valence-corrected chi connectivity index (χ0v) is 13.3. The van der Waals surface area contributed by atoms with Gasteiger partial charge in [0.05, 0.1) is 10.7 Å². The number of nitrogen functional groups attached to an aromatic ring is 1. The highest BCUT2D eigenvalue weighted by molar-refractivity contribution is 7.89. The van der Waals surface area contributed by atoms with E-state index in [0.29, 0.717) is 12.5 Å². The van der Waals surface area contributed by atoms with Crippen LogP contribution in [0.4, 0.5) is 5.69 Å². The Kier molecular flexibility index (Phi) is 4.59. The first-order valence-electron chi connectivity index (χ1n) is 6.51. The van der Waals surface area contributed by atoms with Crippen molar-refractivity contribution in [2.75, 3.05) is 39.5 Å². The molecule has 0 radical (unpaired) electrons. The van der Waals surface area contributed by atoms with E-state index in [1.165, 1.54) is 4.31 Å². The van der Waals surface area contributed by atoms with Crippen LogP contribution < -0.4 is 5.73 Å². The molecule has 1 saturated heterocycles. The Hall–Kier alpha value is -0.820. The largest absolute Gasteiger partial charge is 0.398 e. The van der Waals surface area contributed by atoms with E-state index in [1.54, 1.807) is 25.2 Å². The minimum atomic E-state index is -3.65. The first-order chi connectivity index (χ1) is 9.32. The maximum absolute atomic E-state index is 12.6. The second kappa shape index (κ2) is 5.89. The molecule has 2 rings (SSSR count). The normalized spacial score (nSPS) is 20.7. The highest BCUT2D eigenvalue weighted by atomic mass is 35.5. The van der Waals surface area contributed by atoms with Gasteiger partial charge in [-0.15, -0.1) is 0 Å². The molecule has 0 aliphatic carbocycles. The molecule has 0 aromatic heterocycles. The SMILES string of the molecule is CN1CCC(CN(C)S(=O)(=O)c2c(N)cccc2Cl)C1. The Bertz CT molecular complexity index is 571. The van der Waals surface area contributed by atoms with Crippen molar-refractivity contribution in [3.63, 3.8) is 0 Å². The molecule has 5 nitrogen and oxygen atoms in total.